The van der Waals surface area contributed by atoms with Gasteiger partial charge in [-0.05, 0) is 43.1 Å². The fourth-order valence-corrected chi connectivity index (χ4v) is 2.08. The number of rotatable bonds is 3. The molecule has 0 fully saturated rings. The van der Waals surface area contributed by atoms with Crippen LogP contribution in [0.5, 0.6) is 0 Å². The van der Waals surface area contributed by atoms with Gasteiger partial charge in [-0.15, -0.1) is 0 Å². The van der Waals surface area contributed by atoms with Crippen LogP contribution in [-0.4, -0.2) is 13.6 Å². The Morgan fingerprint density at radius 2 is 2.15 bits per heavy atom. The van der Waals surface area contributed by atoms with Crippen molar-refractivity contribution in [1.29, 1.82) is 0 Å². The summed E-state index contributed by atoms with van der Waals surface area (Å²) in [5.74, 6) is 0.582. The summed E-state index contributed by atoms with van der Waals surface area (Å²) in [6.07, 6.45) is 0. The van der Waals surface area contributed by atoms with Gasteiger partial charge in [0.25, 0.3) is 0 Å². The van der Waals surface area contributed by atoms with Crippen LogP contribution >= 0.6 is 15.9 Å². The molecule has 0 bridgehead atoms. The smallest absolute Gasteiger partial charge is 0.0178 e. The Hall–Kier alpha value is -0.340. The molecule has 0 aromatic heterocycles. The van der Waals surface area contributed by atoms with E-state index in [9.17, 15) is 0 Å². The summed E-state index contributed by atoms with van der Waals surface area (Å²) in [6.45, 7) is 5.43. The van der Waals surface area contributed by atoms with Gasteiger partial charge in [-0.1, -0.05) is 28.9 Å². The van der Waals surface area contributed by atoms with E-state index in [4.69, 9.17) is 0 Å². The maximum Gasteiger partial charge on any atom is 0.0178 e. The molecule has 0 aliphatic heterocycles. The standard InChI is InChI=1S/C11H16BrN/c1-8-6-10(12)4-5-11(8)9(2)7-13-3/h4-6,9,13H,7H2,1-3H3/t9-/m0/s1. The predicted octanol–water partition coefficient (Wildman–Crippen LogP) is 3.08. The monoisotopic (exact) mass is 241 g/mol. The normalized spacial score (nSPS) is 12.9. The van der Waals surface area contributed by atoms with E-state index in [1.165, 1.54) is 11.1 Å². The highest BCUT2D eigenvalue weighted by atomic mass is 79.9. The van der Waals surface area contributed by atoms with Gasteiger partial charge in [0, 0.05) is 11.0 Å². The number of aryl methyl sites for hydroxylation is 1. The Bertz CT molecular complexity index is 283. The molecule has 1 rings (SSSR count). The van der Waals surface area contributed by atoms with E-state index in [0.29, 0.717) is 5.92 Å². The van der Waals surface area contributed by atoms with E-state index in [1.54, 1.807) is 0 Å². The highest BCUT2D eigenvalue weighted by molar-refractivity contribution is 9.10. The van der Waals surface area contributed by atoms with E-state index in [2.05, 4.69) is 53.3 Å². The first-order valence-electron chi connectivity index (χ1n) is 4.55. The molecule has 0 amide bonds. The van der Waals surface area contributed by atoms with Crippen LogP contribution in [0.25, 0.3) is 0 Å². The average molecular weight is 242 g/mol. The Balaban J connectivity index is 2.88. The third-order valence-electron chi connectivity index (χ3n) is 2.27. The minimum Gasteiger partial charge on any atom is -0.319 e. The van der Waals surface area contributed by atoms with Crippen LogP contribution in [0.3, 0.4) is 0 Å². The second-order valence-electron chi connectivity index (χ2n) is 3.46. The molecule has 2 heteroatoms. The van der Waals surface area contributed by atoms with Gasteiger partial charge in [0.1, 0.15) is 0 Å². The van der Waals surface area contributed by atoms with E-state index < -0.39 is 0 Å². The van der Waals surface area contributed by atoms with Gasteiger partial charge in [-0.25, -0.2) is 0 Å². The van der Waals surface area contributed by atoms with Crippen molar-refractivity contribution in [1.82, 2.24) is 5.32 Å². The first kappa shape index (κ1) is 10.7. The molecule has 13 heavy (non-hydrogen) atoms. The molecule has 72 valence electrons. The van der Waals surface area contributed by atoms with Gasteiger partial charge in [0.05, 0.1) is 0 Å². The van der Waals surface area contributed by atoms with Crippen LogP contribution < -0.4 is 5.32 Å². The lowest BCUT2D eigenvalue weighted by atomic mass is 9.97. The van der Waals surface area contributed by atoms with Gasteiger partial charge in [0.2, 0.25) is 0 Å². The molecule has 1 atom stereocenters. The maximum atomic E-state index is 3.47. The quantitative estimate of drug-likeness (QED) is 0.858. The molecule has 0 spiro atoms. The van der Waals surface area contributed by atoms with Crippen LogP contribution in [-0.2, 0) is 0 Å². The van der Waals surface area contributed by atoms with Crippen molar-refractivity contribution in [2.45, 2.75) is 19.8 Å². The number of benzene rings is 1. The number of hydrogen-bond acceptors (Lipinski definition) is 1. The molecule has 0 aliphatic carbocycles. The molecular weight excluding hydrogens is 226 g/mol. The summed E-state index contributed by atoms with van der Waals surface area (Å²) in [6, 6.07) is 6.47. The van der Waals surface area contributed by atoms with Crippen molar-refractivity contribution in [3.8, 4) is 0 Å². The molecule has 1 aromatic carbocycles. The highest BCUT2D eigenvalue weighted by Gasteiger charge is 2.06. The lowest BCUT2D eigenvalue weighted by Crippen LogP contribution is -2.15. The molecule has 1 N–H and O–H groups in total. The molecule has 0 saturated carbocycles. The lowest BCUT2D eigenvalue weighted by Gasteiger charge is -2.14. The summed E-state index contributed by atoms with van der Waals surface area (Å²) in [5, 5.41) is 3.20. The first-order valence-corrected chi connectivity index (χ1v) is 5.35. The van der Waals surface area contributed by atoms with Crippen molar-refractivity contribution in [3.63, 3.8) is 0 Å². The number of hydrogen-bond donors (Lipinski definition) is 1. The zero-order valence-corrected chi connectivity index (χ0v) is 9.98. The number of nitrogens with one attached hydrogen (secondary N) is 1. The molecule has 0 aliphatic rings. The molecular formula is C11H16BrN. The summed E-state index contributed by atoms with van der Waals surface area (Å²) in [7, 11) is 1.99. The first-order chi connectivity index (χ1) is 6.15. The third-order valence-corrected chi connectivity index (χ3v) is 2.77. The summed E-state index contributed by atoms with van der Waals surface area (Å²) in [5.41, 5.74) is 2.79. The van der Waals surface area contributed by atoms with Gasteiger partial charge >= 0.3 is 0 Å². The lowest BCUT2D eigenvalue weighted by molar-refractivity contribution is 0.674. The Morgan fingerprint density at radius 3 is 2.69 bits per heavy atom. The molecule has 1 nitrogen and oxygen atoms in total. The summed E-state index contributed by atoms with van der Waals surface area (Å²) < 4.78 is 1.16. The molecule has 0 unspecified atom stereocenters. The fraction of sp³-hybridized carbons (Fsp3) is 0.455. The SMILES string of the molecule is CNC[C@H](C)c1ccc(Br)cc1C. The molecule has 0 radical (unpaired) electrons. The predicted molar refractivity (Wildman–Crippen MR) is 61.2 cm³/mol. The van der Waals surface area contributed by atoms with Crippen LogP contribution in [0.4, 0.5) is 0 Å². The summed E-state index contributed by atoms with van der Waals surface area (Å²) >= 11 is 3.47. The zero-order valence-electron chi connectivity index (χ0n) is 8.39. The maximum absolute atomic E-state index is 3.47. The fourth-order valence-electron chi connectivity index (χ4n) is 1.61. The third kappa shape index (κ3) is 2.82. The molecule has 0 heterocycles. The van der Waals surface area contributed by atoms with Crippen molar-refractivity contribution < 1.29 is 0 Å². The number of likely N-dealkylation sites (N-methyl/N-ethyl adjacent to an activating group) is 1. The number of halogens is 1. The van der Waals surface area contributed by atoms with Crippen LogP contribution in [0.1, 0.15) is 24.0 Å². The van der Waals surface area contributed by atoms with Crippen molar-refractivity contribution in [2.75, 3.05) is 13.6 Å². The Labute approximate surface area is 88.7 Å². The molecule has 1 aromatic rings. The van der Waals surface area contributed by atoms with Crippen molar-refractivity contribution in [2.24, 2.45) is 0 Å². The minimum atomic E-state index is 0.582. The van der Waals surface area contributed by atoms with Gasteiger partial charge in [-0.3, -0.25) is 0 Å². The summed E-state index contributed by atoms with van der Waals surface area (Å²) in [4.78, 5) is 0. The minimum absolute atomic E-state index is 0.582. The van der Waals surface area contributed by atoms with Crippen molar-refractivity contribution in [3.05, 3.63) is 33.8 Å². The average Bonchev–Trinajstić information content (AvgIpc) is 2.04. The Kier molecular flexibility index (Phi) is 3.94. The van der Waals surface area contributed by atoms with E-state index in [1.807, 2.05) is 7.05 Å². The Morgan fingerprint density at radius 1 is 1.46 bits per heavy atom. The second kappa shape index (κ2) is 4.77. The van der Waals surface area contributed by atoms with E-state index >= 15 is 0 Å². The largest absolute Gasteiger partial charge is 0.319 e. The van der Waals surface area contributed by atoms with Gasteiger partial charge in [-0.2, -0.15) is 0 Å². The van der Waals surface area contributed by atoms with Crippen LogP contribution in [0.2, 0.25) is 0 Å². The van der Waals surface area contributed by atoms with Crippen LogP contribution in [0.15, 0.2) is 22.7 Å². The van der Waals surface area contributed by atoms with Gasteiger partial charge < -0.3 is 5.32 Å². The second-order valence-corrected chi connectivity index (χ2v) is 4.38. The zero-order chi connectivity index (χ0) is 9.84. The molecule has 0 saturated heterocycles. The van der Waals surface area contributed by atoms with E-state index in [0.717, 1.165) is 11.0 Å². The van der Waals surface area contributed by atoms with Crippen molar-refractivity contribution >= 4 is 15.9 Å². The van der Waals surface area contributed by atoms with Crippen LogP contribution in [0, 0.1) is 6.92 Å². The topological polar surface area (TPSA) is 12.0 Å². The highest BCUT2D eigenvalue weighted by Crippen LogP contribution is 2.22. The van der Waals surface area contributed by atoms with Gasteiger partial charge in [0.15, 0.2) is 0 Å². The van der Waals surface area contributed by atoms with E-state index in [-0.39, 0.29) is 0 Å².